The van der Waals surface area contributed by atoms with E-state index in [9.17, 15) is 13.2 Å². The summed E-state index contributed by atoms with van der Waals surface area (Å²) in [4.78, 5) is 4.95. The van der Waals surface area contributed by atoms with Crippen LogP contribution in [0.5, 0.6) is 0 Å². The Morgan fingerprint density at radius 1 is 1.24 bits per heavy atom. The molecule has 0 aliphatic carbocycles. The summed E-state index contributed by atoms with van der Waals surface area (Å²) in [7, 11) is 1.54. The molecule has 0 fully saturated rings. The first-order valence-corrected chi connectivity index (χ1v) is 5.04. The van der Waals surface area contributed by atoms with Gasteiger partial charge in [0, 0.05) is 13.7 Å². The molecule has 0 radical (unpaired) electrons. The van der Waals surface area contributed by atoms with Crippen LogP contribution in [0.15, 0.2) is 24.3 Å². The van der Waals surface area contributed by atoms with Gasteiger partial charge in [-0.2, -0.15) is 18.7 Å². The zero-order chi connectivity index (χ0) is 12.7. The van der Waals surface area contributed by atoms with Crippen LogP contribution in [0, 0.1) is 0 Å². The number of methoxy groups -OCH3 is 1. The predicted octanol–water partition coefficient (Wildman–Crippen LogP) is 2.37. The van der Waals surface area contributed by atoms with Gasteiger partial charge < -0.3 is 4.74 Å². The van der Waals surface area contributed by atoms with Gasteiger partial charge in [0.15, 0.2) is 0 Å². The number of hydrogen-bond donors (Lipinski definition) is 1. The number of rotatable bonds is 6. The maximum Gasteiger partial charge on any atom is 0.416 e. The van der Waals surface area contributed by atoms with Crippen molar-refractivity contribution in [1.82, 2.24) is 5.48 Å². The first kappa shape index (κ1) is 14.0. The molecule has 17 heavy (non-hydrogen) atoms. The van der Waals surface area contributed by atoms with E-state index in [1.165, 1.54) is 13.2 Å². The van der Waals surface area contributed by atoms with Crippen molar-refractivity contribution in [3.05, 3.63) is 35.4 Å². The van der Waals surface area contributed by atoms with E-state index in [0.717, 1.165) is 12.1 Å². The standard InChI is InChI=1S/C11H14F3NO2/c1-16-5-6-17-15-8-9-3-2-4-10(7-9)11(12,13)14/h2-4,7,15H,5-6,8H2,1H3. The zero-order valence-corrected chi connectivity index (χ0v) is 9.38. The van der Waals surface area contributed by atoms with E-state index in [1.54, 1.807) is 6.07 Å². The van der Waals surface area contributed by atoms with E-state index in [1.807, 2.05) is 0 Å². The number of ether oxygens (including phenoxy) is 1. The fourth-order valence-electron chi connectivity index (χ4n) is 1.19. The number of alkyl halides is 3. The van der Waals surface area contributed by atoms with Crippen molar-refractivity contribution in [2.24, 2.45) is 0 Å². The molecule has 0 amide bonds. The first-order valence-electron chi connectivity index (χ1n) is 5.04. The van der Waals surface area contributed by atoms with Crippen LogP contribution in [0.1, 0.15) is 11.1 Å². The van der Waals surface area contributed by atoms with Crippen LogP contribution in [0.2, 0.25) is 0 Å². The second-order valence-corrected chi connectivity index (χ2v) is 3.36. The molecule has 0 aromatic heterocycles. The van der Waals surface area contributed by atoms with Gasteiger partial charge in [-0.1, -0.05) is 18.2 Å². The van der Waals surface area contributed by atoms with Crippen LogP contribution in [-0.4, -0.2) is 20.3 Å². The molecule has 0 unspecified atom stereocenters. The summed E-state index contributed by atoms with van der Waals surface area (Å²) < 4.78 is 41.9. The van der Waals surface area contributed by atoms with Crippen molar-refractivity contribution >= 4 is 0 Å². The monoisotopic (exact) mass is 249 g/mol. The third-order valence-electron chi connectivity index (χ3n) is 2.02. The number of benzene rings is 1. The zero-order valence-electron chi connectivity index (χ0n) is 9.38. The van der Waals surface area contributed by atoms with E-state index in [2.05, 4.69) is 5.48 Å². The highest BCUT2D eigenvalue weighted by molar-refractivity contribution is 5.25. The molecule has 0 saturated heterocycles. The largest absolute Gasteiger partial charge is 0.416 e. The maximum atomic E-state index is 12.4. The van der Waals surface area contributed by atoms with Gasteiger partial charge in [0.25, 0.3) is 0 Å². The lowest BCUT2D eigenvalue weighted by atomic mass is 10.1. The molecule has 0 spiro atoms. The highest BCUT2D eigenvalue weighted by Gasteiger charge is 2.30. The molecule has 0 atom stereocenters. The topological polar surface area (TPSA) is 30.5 Å². The minimum atomic E-state index is -4.31. The van der Waals surface area contributed by atoms with Gasteiger partial charge >= 0.3 is 6.18 Å². The Morgan fingerprint density at radius 2 is 2.00 bits per heavy atom. The summed E-state index contributed by atoms with van der Waals surface area (Å²) in [5, 5.41) is 0. The Hall–Kier alpha value is -1.11. The number of hydrogen-bond acceptors (Lipinski definition) is 3. The van der Waals surface area contributed by atoms with Gasteiger partial charge in [0.05, 0.1) is 18.8 Å². The maximum absolute atomic E-state index is 12.4. The highest BCUT2D eigenvalue weighted by Crippen LogP contribution is 2.29. The smallest absolute Gasteiger partial charge is 0.382 e. The Balaban J connectivity index is 2.44. The minimum absolute atomic E-state index is 0.216. The molecular weight excluding hydrogens is 235 g/mol. The van der Waals surface area contributed by atoms with Gasteiger partial charge in [-0.05, 0) is 11.6 Å². The third kappa shape index (κ3) is 5.16. The van der Waals surface area contributed by atoms with Crippen LogP contribution < -0.4 is 5.48 Å². The fraction of sp³-hybridized carbons (Fsp3) is 0.455. The van der Waals surface area contributed by atoms with Crippen molar-refractivity contribution in [2.75, 3.05) is 20.3 Å². The Bertz CT molecular complexity index is 342. The second kappa shape index (κ2) is 6.58. The van der Waals surface area contributed by atoms with Crippen LogP contribution in [0.3, 0.4) is 0 Å². The lowest BCUT2D eigenvalue weighted by Crippen LogP contribution is -2.17. The van der Waals surface area contributed by atoms with Gasteiger partial charge in [-0.3, -0.25) is 4.84 Å². The van der Waals surface area contributed by atoms with Gasteiger partial charge in [-0.25, -0.2) is 0 Å². The predicted molar refractivity (Wildman–Crippen MR) is 56.1 cm³/mol. The molecule has 0 bridgehead atoms. The summed E-state index contributed by atoms with van der Waals surface area (Å²) in [5.41, 5.74) is 2.42. The summed E-state index contributed by atoms with van der Waals surface area (Å²) in [6.45, 7) is 0.985. The molecule has 1 aromatic carbocycles. The van der Waals surface area contributed by atoms with E-state index in [0.29, 0.717) is 18.8 Å². The lowest BCUT2D eigenvalue weighted by molar-refractivity contribution is -0.137. The molecule has 0 saturated carbocycles. The minimum Gasteiger partial charge on any atom is -0.382 e. The van der Waals surface area contributed by atoms with Crippen LogP contribution in [-0.2, 0) is 22.3 Å². The number of nitrogens with one attached hydrogen (secondary N) is 1. The molecule has 1 N–H and O–H groups in total. The Kier molecular flexibility index (Phi) is 5.40. The number of halogens is 3. The molecule has 6 heteroatoms. The van der Waals surface area contributed by atoms with Crippen molar-refractivity contribution in [1.29, 1.82) is 0 Å². The summed E-state index contributed by atoms with van der Waals surface area (Å²) in [5.74, 6) is 0. The van der Waals surface area contributed by atoms with E-state index in [4.69, 9.17) is 9.57 Å². The van der Waals surface area contributed by atoms with E-state index >= 15 is 0 Å². The molecule has 1 aromatic rings. The normalized spacial score (nSPS) is 11.8. The molecule has 1 rings (SSSR count). The molecule has 0 aliphatic heterocycles. The Morgan fingerprint density at radius 3 is 2.65 bits per heavy atom. The SMILES string of the molecule is COCCONCc1cccc(C(F)(F)F)c1. The van der Waals surface area contributed by atoms with Gasteiger partial charge in [0.1, 0.15) is 0 Å². The third-order valence-corrected chi connectivity index (χ3v) is 2.02. The van der Waals surface area contributed by atoms with E-state index < -0.39 is 11.7 Å². The summed E-state index contributed by atoms with van der Waals surface area (Å²) in [6, 6.07) is 5.10. The quantitative estimate of drug-likeness (QED) is 0.620. The molecule has 3 nitrogen and oxygen atoms in total. The molecule has 0 aliphatic rings. The lowest BCUT2D eigenvalue weighted by Gasteiger charge is -2.09. The van der Waals surface area contributed by atoms with E-state index in [-0.39, 0.29) is 6.54 Å². The van der Waals surface area contributed by atoms with Gasteiger partial charge in [-0.15, -0.1) is 0 Å². The number of hydroxylamine groups is 1. The highest BCUT2D eigenvalue weighted by atomic mass is 19.4. The second-order valence-electron chi connectivity index (χ2n) is 3.36. The van der Waals surface area contributed by atoms with Crippen molar-refractivity contribution in [3.63, 3.8) is 0 Å². The van der Waals surface area contributed by atoms with Gasteiger partial charge in [0.2, 0.25) is 0 Å². The van der Waals surface area contributed by atoms with Crippen LogP contribution in [0.4, 0.5) is 13.2 Å². The average Bonchev–Trinajstić information content (AvgIpc) is 2.28. The molecule has 96 valence electrons. The summed E-state index contributed by atoms with van der Waals surface area (Å²) >= 11 is 0. The average molecular weight is 249 g/mol. The molecular formula is C11H14F3NO2. The Labute approximate surface area is 97.5 Å². The van der Waals surface area contributed by atoms with Crippen molar-refractivity contribution in [3.8, 4) is 0 Å². The van der Waals surface area contributed by atoms with Crippen molar-refractivity contribution in [2.45, 2.75) is 12.7 Å². The fourth-order valence-corrected chi connectivity index (χ4v) is 1.19. The van der Waals surface area contributed by atoms with Crippen LogP contribution >= 0.6 is 0 Å². The van der Waals surface area contributed by atoms with Crippen LogP contribution in [0.25, 0.3) is 0 Å². The summed E-state index contributed by atoms with van der Waals surface area (Å²) in [6.07, 6.45) is -4.31. The van der Waals surface area contributed by atoms with Crippen molar-refractivity contribution < 1.29 is 22.7 Å². The first-order chi connectivity index (χ1) is 8.04. The molecule has 0 heterocycles.